The summed E-state index contributed by atoms with van der Waals surface area (Å²) in [6.07, 6.45) is 10.4. The van der Waals surface area contributed by atoms with Crippen LogP contribution in [0.1, 0.15) is 23.2 Å². The molecule has 1 aliphatic rings. The van der Waals surface area contributed by atoms with E-state index in [-0.39, 0.29) is 5.56 Å². The molecule has 0 saturated heterocycles. The Morgan fingerprint density at radius 3 is 3.00 bits per heavy atom. The SMILES string of the molecule is C#CCN(c1ccncc1C(=O)O)C1CC1. The molecule has 0 unspecified atom stereocenters. The van der Waals surface area contributed by atoms with Gasteiger partial charge in [0.1, 0.15) is 5.56 Å². The van der Waals surface area contributed by atoms with Crippen LogP contribution in [0.15, 0.2) is 18.5 Å². The standard InChI is InChI=1S/C12H12N2O2/c1-2-7-14(9-3-4-9)11-5-6-13-8-10(11)12(15)16/h1,5-6,8-9H,3-4,7H2,(H,15,16). The Morgan fingerprint density at radius 1 is 1.69 bits per heavy atom. The molecule has 1 fully saturated rings. The molecule has 1 N–H and O–H groups in total. The zero-order valence-corrected chi connectivity index (χ0v) is 8.76. The molecule has 1 aromatic heterocycles. The molecule has 1 aromatic rings. The van der Waals surface area contributed by atoms with Crippen molar-refractivity contribution in [2.45, 2.75) is 18.9 Å². The fraction of sp³-hybridized carbons (Fsp3) is 0.333. The summed E-state index contributed by atoms with van der Waals surface area (Å²) in [6, 6.07) is 2.09. The Balaban J connectivity index is 2.36. The van der Waals surface area contributed by atoms with Gasteiger partial charge in [0, 0.05) is 18.4 Å². The third-order valence-electron chi connectivity index (χ3n) is 2.59. The summed E-state index contributed by atoms with van der Waals surface area (Å²) in [5.41, 5.74) is 0.882. The van der Waals surface area contributed by atoms with E-state index < -0.39 is 5.97 Å². The lowest BCUT2D eigenvalue weighted by molar-refractivity contribution is 0.0697. The fourth-order valence-electron chi connectivity index (χ4n) is 1.70. The van der Waals surface area contributed by atoms with Crippen LogP contribution in [0.4, 0.5) is 5.69 Å². The number of terminal acetylenes is 1. The van der Waals surface area contributed by atoms with Gasteiger partial charge in [-0.3, -0.25) is 4.98 Å². The molecule has 0 radical (unpaired) electrons. The molecule has 1 saturated carbocycles. The van der Waals surface area contributed by atoms with E-state index in [2.05, 4.69) is 10.9 Å². The van der Waals surface area contributed by atoms with Gasteiger partial charge in [-0.1, -0.05) is 5.92 Å². The molecule has 0 spiro atoms. The van der Waals surface area contributed by atoms with Crippen molar-refractivity contribution in [2.75, 3.05) is 11.4 Å². The molecular weight excluding hydrogens is 204 g/mol. The first-order valence-corrected chi connectivity index (χ1v) is 5.11. The molecule has 82 valence electrons. The van der Waals surface area contributed by atoms with Gasteiger partial charge in [0.05, 0.1) is 12.2 Å². The number of nitrogens with zero attached hydrogens (tertiary/aromatic N) is 2. The van der Waals surface area contributed by atoms with E-state index in [0.29, 0.717) is 18.3 Å². The van der Waals surface area contributed by atoms with Crippen molar-refractivity contribution in [3.05, 3.63) is 24.0 Å². The maximum absolute atomic E-state index is 11.1. The van der Waals surface area contributed by atoms with Crippen LogP contribution < -0.4 is 4.90 Å². The first-order chi connectivity index (χ1) is 7.74. The number of carboxylic acid groups (broad SMARTS) is 1. The topological polar surface area (TPSA) is 53.4 Å². The number of hydrogen-bond acceptors (Lipinski definition) is 3. The molecule has 0 aromatic carbocycles. The molecule has 2 rings (SSSR count). The summed E-state index contributed by atoms with van der Waals surface area (Å²) in [7, 11) is 0. The first-order valence-electron chi connectivity index (χ1n) is 5.11. The third kappa shape index (κ3) is 1.98. The molecule has 0 atom stereocenters. The van der Waals surface area contributed by atoms with Gasteiger partial charge in [0.15, 0.2) is 0 Å². The summed E-state index contributed by atoms with van der Waals surface area (Å²) < 4.78 is 0. The Hall–Kier alpha value is -2.02. The van der Waals surface area contributed by atoms with Crippen LogP contribution in [0.25, 0.3) is 0 Å². The zero-order chi connectivity index (χ0) is 11.5. The number of hydrogen-bond donors (Lipinski definition) is 1. The number of carboxylic acids is 1. The predicted molar refractivity (Wildman–Crippen MR) is 60.4 cm³/mol. The molecule has 16 heavy (non-hydrogen) atoms. The van der Waals surface area contributed by atoms with E-state index in [1.807, 2.05) is 4.90 Å². The molecule has 0 amide bonds. The van der Waals surface area contributed by atoms with Crippen LogP contribution in [-0.4, -0.2) is 28.6 Å². The molecule has 0 bridgehead atoms. The van der Waals surface area contributed by atoms with E-state index in [1.54, 1.807) is 12.3 Å². The minimum Gasteiger partial charge on any atom is -0.478 e. The van der Waals surface area contributed by atoms with E-state index in [9.17, 15) is 4.79 Å². The number of aromatic nitrogens is 1. The lowest BCUT2D eigenvalue weighted by atomic mass is 10.2. The minimum absolute atomic E-state index is 0.213. The van der Waals surface area contributed by atoms with Gasteiger partial charge in [0.2, 0.25) is 0 Å². The van der Waals surface area contributed by atoms with Crippen LogP contribution in [0.2, 0.25) is 0 Å². The number of anilines is 1. The predicted octanol–water partition coefficient (Wildman–Crippen LogP) is 1.38. The lowest BCUT2D eigenvalue weighted by Crippen LogP contribution is -2.27. The summed E-state index contributed by atoms with van der Waals surface area (Å²) >= 11 is 0. The van der Waals surface area contributed by atoms with Gasteiger partial charge in [-0.05, 0) is 18.9 Å². The van der Waals surface area contributed by atoms with E-state index in [0.717, 1.165) is 12.8 Å². The normalized spacial score (nSPS) is 14.2. The van der Waals surface area contributed by atoms with Gasteiger partial charge in [-0.2, -0.15) is 0 Å². The van der Waals surface area contributed by atoms with Gasteiger partial charge < -0.3 is 10.0 Å². The highest BCUT2D eigenvalue weighted by atomic mass is 16.4. The monoisotopic (exact) mass is 216 g/mol. The molecule has 4 nitrogen and oxygen atoms in total. The van der Waals surface area contributed by atoms with Crippen molar-refractivity contribution in [3.63, 3.8) is 0 Å². The Kier molecular flexibility index (Phi) is 2.78. The molecule has 1 aliphatic carbocycles. The Labute approximate surface area is 93.9 Å². The number of aromatic carboxylic acids is 1. The third-order valence-corrected chi connectivity index (χ3v) is 2.59. The van der Waals surface area contributed by atoms with Crippen molar-refractivity contribution in [1.29, 1.82) is 0 Å². The second-order valence-electron chi connectivity index (χ2n) is 3.76. The fourth-order valence-corrected chi connectivity index (χ4v) is 1.70. The highest BCUT2D eigenvalue weighted by Crippen LogP contribution is 2.32. The molecule has 1 heterocycles. The van der Waals surface area contributed by atoms with Crippen molar-refractivity contribution >= 4 is 11.7 Å². The number of pyridine rings is 1. The van der Waals surface area contributed by atoms with Crippen LogP contribution in [0.3, 0.4) is 0 Å². The van der Waals surface area contributed by atoms with Crippen molar-refractivity contribution in [2.24, 2.45) is 0 Å². The van der Waals surface area contributed by atoms with Crippen LogP contribution >= 0.6 is 0 Å². The highest BCUT2D eigenvalue weighted by Gasteiger charge is 2.30. The summed E-state index contributed by atoms with van der Waals surface area (Å²) in [5.74, 6) is 1.60. The summed E-state index contributed by atoms with van der Waals surface area (Å²) in [4.78, 5) is 16.8. The lowest BCUT2D eigenvalue weighted by Gasteiger charge is -2.23. The maximum Gasteiger partial charge on any atom is 0.339 e. The zero-order valence-electron chi connectivity index (χ0n) is 8.76. The Bertz CT molecular complexity index is 447. The van der Waals surface area contributed by atoms with Crippen molar-refractivity contribution in [3.8, 4) is 12.3 Å². The van der Waals surface area contributed by atoms with Crippen LogP contribution in [0.5, 0.6) is 0 Å². The second kappa shape index (κ2) is 4.23. The van der Waals surface area contributed by atoms with Crippen molar-refractivity contribution < 1.29 is 9.90 Å². The maximum atomic E-state index is 11.1. The summed E-state index contributed by atoms with van der Waals surface area (Å²) in [5, 5.41) is 9.07. The molecule has 0 aliphatic heterocycles. The smallest absolute Gasteiger partial charge is 0.339 e. The van der Waals surface area contributed by atoms with Crippen molar-refractivity contribution in [1.82, 2.24) is 4.98 Å². The number of rotatable bonds is 4. The van der Waals surface area contributed by atoms with Gasteiger partial charge >= 0.3 is 5.97 Å². The average Bonchev–Trinajstić information content (AvgIpc) is 3.10. The second-order valence-corrected chi connectivity index (χ2v) is 3.76. The van der Waals surface area contributed by atoms with E-state index >= 15 is 0 Å². The largest absolute Gasteiger partial charge is 0.478 e. The van der Waals surface area contributed by atoms with Gasteiger partial charge in [-0.15, -0.1) is 6.42 Å². The Morgan fingerprint density at radius 2 is 2.44 bits per heavy atom. The quantitative estimate of drug-likeness (QED) is 0.772. The van der Waals surface area contributed by atoms with E-state index in [1.165, 1.54) is 6.20 Å². The van der Waals surface area contributed by atoms with Crippen LogP contribution in [-0.2, 0) is 0 Å². The minimum atomic E-state index is -0.967. The van der Waals surface area contributed by atoms with Gasteiger partial charge in [0.25, 0.3) is 0 Å². The molecule has 4 heteroatoms. The summed E-state index contributed by atoms with van der Waals surface area (Å²) in [6.45, 7) is 0.439. The van der Waals surface area contributed by atoms with Crippen LogP contribution in [0, 0.1) is 12.3 Å². The average molecular weight is 216 g/mol. The number of carbonyl (C=O) groups is 1. The van der Waals surface area contributed by atoms with E-state index in [4.69, 9.17) is 11.5 Å². The molecular formula is C12H12N2O2. The highest BCUT2D eigenvalue weighted by molar-refractivity contribution is 5.94. The first kappa shape index (κ1) is 10.5. The van der Waals surface area contributed by atoms with Gasteiger partial charge in [-0.25, -0.2) is 4.79 Å².